The third kappa shape index (κ3) is 6.79. The summed E-state index contributed by atoms with van der Waals surface area (Å²) in [6.45, 7) is 8.15. The third-order valence-corrected chi connectivity index (χ3v) is 5.65. The minimum Gasteiger partial charge on any atom is -0.381 e. The number of rotatable bonds is 8. The van der Waals surface area contributed by atoms with Gasteiger partial charge in [0.1, 0.15) is 6.10 Å². The largest absolute Gasteiger partial charge is 0.381 e. The third-order valence-electron chi connectivity index (χ3n) is 5.65. The van der Waals surface area contributed by atoms with Crippen molar-refractivity contribution in [2.24, 2.45) is 0 Å². The van der Waals surface area contributed by atoms with E-state index in [-0.39, 0.29) is 5.78 Å². The second-order valence-electron chi connectivity index (χ2n) is 7.88. The van der Waals surface area contributed by atoms with Gasteiger partial charge in [-0.2, -0.15) is 0 Å². The Morgan fingerprint density at radius 1 is 1.22 bits per heavy atom. The monoisotopic (exact) mass is 369 g/mol. The first kappa shape index (κ1) is 21.7. The average Bonchev–Trinajstić information content (AvgIpc) is 2.70. The average molecular weight is 370 g/mol. The number of hydrogen-bond donors (Lipinski definition) is 1. The topological polar surface area (TPSA) is 40.5 Å². The van der Waals surface area contributed by atoms with E-state index in [1.807, 2.05) is 18.2 Å². The van der Waals surface area contributed by atoms with Gasteiger partial charge in [0.15, 0.2) is 5.78 Å². The fourth-order valence-corrected chi connectivity index (χ4v) is 3.83. The molecule has 1 atom stereocenters. The second-order valence-corrected chi connectivity index (χ2v) is 7.88. The lowest BCUT2D eigenvalue weighted by atomic mass is 9.83. The summed E-state index contributed by atoms with van der Waals surface area (Å²) in [4.78, 5) is 14.6. The molecule has 0 aliphatic heterocycles. The normalized spacial score (nSPS) is 16.2. The molecule has 1 unspecified atom stereocenters. The van der Waals surface area contributed by atoms with Gasteiger partial charge in [-0.3, -0.25) is 9.69 Å². The molecule has 1 aromatic carbocycles. The highest BCUT2D eigenvalue weighted by Gasteiger charge is 2.20. The summed E-state index contributed by atoms with van der Waals surface area (Å²) in [6.07, 6.45) is 6.10. The smallest absolute Gasteiger partial charge is 0.166 e. The molecule has 1 N–H and O–H groups in total. The van der Waals surface area contributed by atoms with E-state index in [1.54, 1.807) is 0 Å². The van der Waals surface area contributed by atoms with Crippen molar-refractivity contribution in [1.29, 1.82) is 0 Å². The van der Waals surface area contributed by atoms with Crippen LogP contribution in [-0.2, 0) is 4.79 Å². The van der Waals surface area contributed by atoms with Crippen LogP contribution in [0.5, 0.6) is 0 Å². The van der Waals surface area contributed by atoms with Crippen molar-refractivity contribution >= 4 is 5.78 Å². The summed E-state index contributed by atoms with van der Waals surface area (Å²) in [5.74, 6) is 6.67. The molecule has 0 amide bonds. The van der Waals surface area contributed by atoms with Gasteiger partial charge in [0.2, 0.25) is 0 Å². The Hall–Kier alpha value is -1.63. The van der Waals surface area contributed by atoms with Gasteiger partial charge in [-0.15, -0.1) is 5.92 Å². The van der Waals surface area contributed by atoms with Crippen LogP contribution < -0.4 is 0 Å². The molecule has 3 heteroatoms. The Kier molecular flexibility index (Phi) is 9.04. The molecular formula is C24H35NO2. The highest BCUT2D eigenvalue weighted by Crippen LogP contribution is 2.33. The first-order chi connectivity index (χ1) is 13.0. The maximum absolute atomic E-state index is 12.4. The van der Waals surface area contributed by atoms with Crippen molar-refractivity contribution in [2.45, 2.75) is 83.8 Å². The Bertz CT molecular complexity index is 650. The number of aliphatic hydroxyl groups is 1. The molecule has 27 heavy (non-hydrogen) atoms. The van der Waals surface area contributed by atoms with Crippen molar-refractivity contribution in [3.8, 4) is 11.8 Å². The highest BCUT2D eigenvalue weighted by atomic mass is 16.3. The zero-order valence-corrected chi connectivity index (χ0v) is 17.2. The summed E-state index contributed by atoms with van der Waals surface area (Å²) in [5, 5.41) is 10.5. The van der Waals surface area contributed by atoms with Crippen LogP contribution in [0.4, 0.5) is 0 Å². The van der Waals surface area contributed by atoms with Crippen LogP contribution in [0.25, 0.3) is 0 Å². The second kappa shape index (κ2) is 11.3. The summed E-state index contributed by atoms with van der Waals surface area (Å²) in [7, 11) is 0. The van der Waals surface area contributed by atoms with E-state index in [0.717, 1.165) is 18.7 Å². The molecule has 0 bridgehead atoms. The number of ketones is 1. The van der Waals surface area contributed by atoms with Crippen LogP contribution in [0.3, 0.4) is 0 Å². The van der Waals surface area contributed by atoms with E-state index in [2.05, 4.69) is 43.6 Å². The van der Waals surface area contributed by atoms with Crippen LogP contribution in [0, 0.1) is 11.8 Å². The van der Waals surface area contributed by atoms with E-state index >= 15 is 0 Å². The predicted molar refractivity (Wildman–Crippen MR) is 112 cm³/mol. The quantitative estimate of drug-likeness (QED) is 0.666. The van der Waals surface area contributed by atoms with Gasteiger partial charge in [-0.1, -0.05) is 56.4 Å². The minimum atomic E-state index is -1.03. The van der Waals surface area contributed by atoms with E-state index < -0.39 is 6.10 Å². The lowest BCUT2D eigenvalue weighted by molar-refractivity contribution is -0.127. The van der Waals surface area contributed by atoms with Crippen LogP contribution >= 0.6 is 0 Å². The molecule has 1 aromatic rings. The number of Topliss-reactive ketones (excluding diaryl/α,β-unsaturated/α-hetero) is 1. The minimum absolute atomic E-state index is 0.138. The maximum Gasteiger partial charge on any atom is 0.166 e. The molecule has 0 heterocycles. The molecule has 0 spiro atoms. The van der Waals surface area contributed by atoms with Gasteiger partial charge in [0.05, 0.1) is 6.54 Å². The summed E-state index contributed by atoms with van der Waals surface area (Å²) >= 11 is 0. The molecule has 148 valence electrons. The molecule has 3 nitrogen and oxygen atoms in total. The summed E-state index contributed by atoms with van der Waals surface area (Å²) in [5.41, 5.74) is 2.00. The molecule has 2 rings (SSSR count). The Morgan fingerprint density at radius 2 is 1.96 bits per heavy atom. The van der Waals surface area contributed by atoms with Crippen LogP contribution in [-0.4, -0.2) is 34.9 Å². The SMILES string of the molecule is CCN(CC#CCCC(=O)C(O)c1cccc(C2CCCCC2)c1)C(C)C. The van der Waals surface area contributed by atoms with Crippen LogP contribution in [0.2, 0.25) is 0 Å². The van der Waals surface area contributed by atoms with Gasteiger partial charge in [-0.05, 0) is 50.3 Å². The number of carbonyl (C=O) groups excluding carboxylic acids is 1. The van der Waals surface area contributed by atoms with Crippen LogP contribution in [0.15, 0.2) is 24.3 Å². The van der Waals surface area contributed by atoms with Crippen molar-refractivity contribution in [1.82, 2.24) is 4.90 Å². The zero-order chi connectivity index (χ0) is 19.6. The molecule has 0 saturated heterocycles. The molecule has 0 aromatic heterocycles. The van der Waals surface area contributed by atoms with Crippen LogP contribution in [0.1, 0.15) is 88.9 Å². The Labute approximate surface area is 165 Å². The molecular weight excluding hydrogens is 334 g/mol. The van der Waals surface area contributed by atoms with E-state index in [4.69, 9.17) is 0 Å². The summed E-state index contributed by atoms with van der Waals surface area (Å²) in [6, 6.07) is 8.48. The standard InChI is InChI=1S/C24H35NO2/c1-4-25(19(2)3)17-10-6-9-16-23(26)24(27)22-15-11-14-21(18-22)20-12-7-5-8-13-20/h11,14-15,18-20,24,27H,4-5,7-9,12-13,16-17H2,1-3H3. The Morgan fingerprint density at radius 3 is 2.63 bits per heavy atom. The maximum atomic E-state index is 12.4. The number of hydrogen-bond acceptors (Lipinski definition) is 3. The van der Waals surface area contributed by atoms with Crippen molar-refractivity contribution in [2.75, 3.05) is 13.1 Å². The van der Waals surface area contributed by atoms with Gasteiger partial charge >= 0.3 is 0 Å². The fourth-order valence-electron chi connectivity index (χ4n) is 3.83. The van der Waals surface area contributed by atoms with Gasteiger partial charge in [0, 0.05) is 18.9 Å². The molecule has 1 fully saturated rings. The Balaban J connectivity index is 1.86. The lowest BCUT2D eigenvalue weighted by Gasteiger charge is -2.23. The van der Waals surface area contributed by atoms with Gasteiger partial charge in [-0.25, -0.2) is 0 Å². The highest BCUT2D eigenvalue weighted by molar-refractivity contribution is 5.84. The summed E-state index contributed by atoms with van der Waals surface area (Å²) < 4.78 is 0. The van der Waals surface area contributed by atoms with Crippen molar-refractivity contribution < 1.29 is 9.90 Å². The fraction of sp³-hybridized carbons (Fsp3) is 0.625. The van der Waals surface area contributed by atoms with Gasteiger partial charge < -0.3 is 5.11 Å². The number of nitrogens with zero attached hydrogens (tertiary/aromatic N) is 1. The van der Waals surface area contributed by atoms with E-state index in [9.17, 15) is 9.90 Å². The number of benzene rings is 1. The first-order valence-electron chi connectivity index (χ1n) is 10.5. The molecule has 1 saturated carbocycles. The van der Waals surface area contributed by atoms with E-state index in [0.29, 0.717) is 24.8 Å². The van der Waals surface area contributed by atoms with Crippen molar-refractivity contribution in [3.63, 3.8) is 0 Å². The van der Waals surface area contributed by atoms with Crippen molar-refractivity contribution in [3.05, 3.63) is 35.4 Å². The van der Waals surface area contributed by atoms with E-state index in [1.165, 1.54) is 37.7 Å². The number of carbonyl (C=O) groups is 1. The predicted octanol–water partition coefficient (Wildman–Crippen LogP) is 4.85. The first-order valence-corrected chi connectivity index (χ1v) is 10.5. The number of aliphatic hydroxyl groups excluding tert-OH is 1. The molecule has 1 aliphatic carbocycles. The van der Waals surface area contributed by atoms with Gasteiger partial charge in [0.25, 0.3) is 0 Å². The lowest BCUT2D eigenvalue weighted by Crippen LogP contribution is -2.30. The molecule has 0 radical (unpaired) electrons. The molecule has 1 aliphatic rings. The zero-order valence-electron chi connectivity index (χ0n) is 17.2.